The van der Waals surface area contributed by atoms with Crippen molar-refractivity contribution in [2.45, 2.75) is 6.54 Å². The van der Waals surface area contributed by atoms with Gasteiger partial charge in [-0.1, -0.05) is 30.3 Å². The van der Waals surface area contributed by atoms with Crippen LogP contribution < -0.4 is 10.6 Å². The van der Waals surface area contributed by atoms with Gasteiger partial charge in [-0.15, -0.1) is 0 Å². The summed E-state index contributed by atoms with van der Waals surface area (Å²) < 4.78 is 5.90. The van der Waals surface area contributed by atoms with E-state index in [0.717, 1.165) is 11.3 Å². The van der Waals surface area contributed by atoms with Crippen molar-refractivity contribution in [3.63, 3.8) is 0 Å². The topological polar surface area (TPSA) is 71.3 Å². The molecule has 0 fully saturated rings. The van der Waals surface area contributed by atoms with E-state index in [1.807, 2.05) is 36.4 Å². The van der Waals surface area contributed by atoms with Gasteiger partial charge in [-0.2, -0.15) is 0 Å². The fraction of sp³-hybridized carbons (Fsp3) is 0.0476. The van der Waals surface area contributed by atoms with E-state index in [0.29, 0.717) is 22.5 Å². The molecule has 6 heteroatoms. The molecule has 3 rings (SSSR count). The molecule has 27 heavy (non-hydrogen) atoms. The first-order valence-corrected chi connectivity index (χ1v) is 9.06. The quantitative estimate of drug-likeness (QED) is 0.566. The summed E-state index contributed by atoms with van der Waals surface area (Å²) in [5, 5.41) is 5.62. The zero-order valence-corrected chi connectivity index (χ0v) is 15.9. The van der Waals surface area contributed by atoms with Crippen LogP contribution in [0, 0.1) is 0 Å². The predicted molar refractivity (Wildman–Crippen MR) is 108 cm³/mol. The highest BCUT2D eigenvalue weighted by Crippen LogP contribution is 2.15. The normalized spacial score (nSPS) is 10.7. The number of rotatable bonds is 6. The lowest BCUT2D eigenvalue weighted by atomic mass is 10.1. The molecular weight excluding hydrogens is 408 g/mol. The van der Waals surface area contributed by atoms with Crippen LogP contribution >= 0.6 is 15.9 Å². The Bertz CT molecular complexity index is 964. The zero-order valence-electron chi connectivity index (χ0n) is 14.3. The molecule has 2 N–H and O–H groups in total. The minimum absolute atomic E-state index is 0.197. The van der Waals surface area contributed by atoms with E-state index in [1.165, 1.54) is 6.08 Å². The number of furan rings is 1. The Morgan fingerprint density at radius 3 is 2.56 bits per heavy atom. The van der Waals surface area contributed by atoms with E-state index in [1.54, 1.807) is 36.4 Å². The number of halogens is 1. The molecule has 0 saturated heterocycles. The summed E-state index contributed by atoms with van der Waals surface area (Å²) >= 11 is 3.21. The van der Waals surface area contributed by atoms with Gasteiger partial charge >= 0.3 is 0 Å². The van der Waals surface area contributed by atoms with Gasteiger partial charge in [-0.05, 0) is 64.0 Å². The van der Waals surface area contributed by atoms with Crippen LogP contribution in [0.4, 0.5) is 5.69 Å². The van der Waals surface area contributed by atoms with Crippen LogP contribution in [0.1, 0.15) is 21.7 Å². The maximum absolute atomic E-state index is 12.3. The lowest BCUT2D eigenvalue weighted by Crippen LogP contribution is -2.20. The average Bonchev–Trinajstić information content (AvgIpc) is 3.11. The maximum Gasteiger partial charge on any atom is 0.255 e. The molecule has 1 aromatic heterocycles. The summed E-state index contributed by atoms with van der Waals surface area (Å²) in [6.45, 7) is 0.317. The monoisotopic (exact) mass is 424 g/mol. The molecule has 0 saturated carbocycles. The molecule has 0 aliphatic heterocycles. The molecular formula is C21H17BrN2O3. The second kappa shape index (κ2) is 9.00. The summed E-state index contributed by atoms with van der Waals surface area (Å²) in [6.07, 6.45) is 2.99. The molecule has 136 valence electrons. The summed E-state index contributed by atoms with van der Waals surface area (Å²) in [7, 11) is 0. The van der Waals surface area contributed by atoms with E-state index in [2.05, 4.69) is 26.6 Å². The fourth-order valence-electron chi connectivity index (χ4n) is 2.37. The Balaban J connectivity index is 1.56. The maximum atomic E-state index is 12.3. The van der Waals surface area contributed by atoms with Crippen molar-refractivity contribution in [2.75, 3.05) is 5.32 Å². The first kappa shape index (κ1) is 18.7. The standard InChI is InChI=1S/C21H17BrN2O3/c22-19-11-9-18(27-19)10-12-20(25)23-14-15-5-4-6-16(13-15)21(26)24-17-7-2-1-3-8-17/h1-13H,14H2,(H,23,25)(H,24,26). The van der Waals surface area contributed by atoms with Crippen LogP contribution in [0.2, 0.25) is 0 Å². The molecule has 2 aromatic carbocycles. The number of nitrogens with one attached hydrogen (secondary N) is 2. The molecule has 0 aliphatic carbocycles. The van der Waals surface area contributed by atoms with E-state index in [9.17, 15) is 9.59 Å². The molecule has 0 radical (unpaired) electrons. The number of anilines is 1. The van der Waals surface area contributed by atoms with Crippen LogP contribution in [0.25, 0.3) is 6.08 Å². The van der Waals surface area contributed by atoms with Gasteiger partial charge in [-0.3, -0.25) is 9.59 Å². The molecule has 0 bridgehead atoms. The van der Waals surface area contributed by atoms with E-state index in [4.69, 9.17) is 4.42 Å². The third-order valence-electron chi connectivity index (χ3n) is 3.68. The Morgan fingerprint density at radius 2 is 1.81 bits per heavy atom. The van der Waals surface area contributed by atoms with Crippen LogP contribution in [-0.2, 0) is 11.3 Å². The predicted octanol–water partition coefficient (Wildman–Crippen LogP) is 4.62. The lowest BCUT2D eigenvalue weighted by molar-refractivity contribution is -0.116. The molecule has 5 nitrogen and oxygen atoms in total. The van der Waals surface area contributed by atoms with Crippen molar-refractivity contribution in [1.82, 2.24) is 5.32 Å². The van der Waals surface area contributed by atoms with Crippen molar-refractivity contribution in [2.24, 2.45) is 0 Å². The molecule has 0 spiro atoms. The van der Waals surface area contributed by atoms with Gasteiger partial charge in [0.2, 0.25) is 5.91 Å². The fourth-order valence-corrected chi connectivity index (χ4v) is 2.69. The first-order chi connectivity index (χ1) is 13.1. The SMILES string of the molecule is O=C(C=Cc1ccc(Br)o1)NCc1cccc(C(=O)Nc2ccccc2)c1. The Hall–Kier alpha value is -3.12. The van der Waals surface area contributed by atoms with Crippen molar-refractivity contribution in [3.8, 4) is 0 Å². The van der Waals surface area contributed by atoms with Gasteiger partial charge in [0.15, 0.2) is 4.67 Å². The molecule has 0 atom stereocenters. The Morgan fingerprint density at radius 1 is 1.00 bits per heavy atom. The third-order valence-corrected chi connectivity index (χ3v) is 4.11. The van der Waals surface area contributed by atoms with Crippen LogP contribution in [-0.4, -0.2) is 11.8 Å². The summed E-state index contributed by atoms with van der Waals surface area (Å²) in [5.74, 6) is 0.135. The molecule has 3 aromatic rings. The van der Waals surface area contributed by atoms with Crippen LogP contribution in [0.3, 0.4) is 0 Å². The average molecular weight is 425 g/mol. The van der Waals surface area contributed by atoms with Gasteiger partial charge in [-0.25, -0.2) is 0 Å². The van der Waals surface area contributed by atoms with Crippen molar-refractivity contribution in [3.05, 3.63) is 94.4 Å². The van der Waals surface area contributed by atoms with E-state index in [-0.39, 0.29) is 11.8 Å². The van der Waals surface area contributed by atoms with Crippen LogP contribution in [0.5, 0.6) is 0 Å². The van der Waals surface area contributed by atoms with E-state index >= 15 is 0 Å². The number of hydrogen-bond donors (Lipinski definition) is 2. The Labute approximate surface area is 165 Å². The number of carbonyl (C=O) groups excluding carboxylic acids is 2. The van der Waals surface area contributed by atoms with Crippen molar-refractivity contribution >= 4 is 39.5 Å². The van der Waals surface area contributed by atoms with Gasteiger partial charge in [0, 0.05) is 23.9 Å². The number of benzene rings is 2. The number of para-hydroxylation sites is 1. The summed E-state index contributed by atoms with van der Waals surface area (Å²) in [5.41, 5.74) is 2.09. The molecule has 0 aliphatic rings. The number of hydrogen-bond acceptors (Lipinski definition) is 3. The highest BCUT2D eigenvalue weighted by atomic mass is 79.9. The zero-order chi connectivity index (χ0) is 19.1. The Kier molecular flexibility index (Phi) is 6.22. The summed E-state index contributed by atoms with van der Waals surface area (Å²) in [6, 6.07) is 19.9. The van der Waals surface area contributed by atoms with Gasteiger partial charge in [0.25, 0.3) is 5.91 Å². The number of amides is 2. The minimum Gasteiger partial charge on any atom is -0.450 e. The van der Waals surface area contributed by atoms with Gasteiger partial charge in [0.05, 0.1) is 0 Å². The number of carbonyl (C=O) groups is 2. The van der Waals surface area contributed by atoms with Crippen molar-refractivity contribution in [1.29, 1.82) is 0 Å². The minimum atomic E-state index is -0.248. The first-order valence-electron chi connectivity index (χ1n) is 8.27. The van der Waals surface area contributed by atoms with Gasteiger partial charge < -0.3 is 15.1 Å². The highest BCUT2D eigenvalue weighted by molar-refractivity contribution is 9.10. The van der Waals surface area contributed by atoms with Crippen LogP contribution in [0.15, 0.2) is 81.9 Å². The third kappa shape index (κ3) is 5.69. The largest absolute Gasteiger partial charge is 0.450 e. The van der Waals surface area contributed by atoms with E-state index < -0.39 is 0 Å². The summed E-state index contributed by atoms with van der Waals surface area (Å²) in [4.78, 5) is 24.3. The molecule has 0 unspecified atom stereocenters. The second-order valence-electron chi connectivity index (χ2n) is 5.71. The smallest absolute Gasteiger partial charge is 0.255 e. The molecule has 2 amide bonds. The van der Waals surface area contributed by atoms with Gasteiger partial charge in [0.1, 0.15) is 5.76 Å². The van der Waals surface area contributed by atoms with Crippen molar-refractivity contribution < 1.29 is 14.0 Å². The highest BCUT2D eigenvalue weighted by Gasteiger charge is 2.07. The second-order valence-corrected chi connectivity index (χ2v) is 6.50. The lowest BCUT2D eigenvalue weighted by Gasteiger charge is -2.07. The molecule has 1 heterocycles.